The van der Waals surface area contributed by atoms with Gasteiger partial charge in [-0.05, 0) is 43.3 Å². The maximum Gasteiger partial charge on any atom is 0.254 e. The minimum Gasteiger partial charge on any atom is -0.457 e. The molecule has 2 aromatic carbocycles. The Kier molecular flexibility index (Phi) is 5.16. The quantitative estimate of drug-likeness (QED) is 0.663. The molecule has 0 saturated heterocycles. The third kappa shape index (κ3) is 4.09. The second kappa shape index (κ2) is 7.90. The third-order valence-corrected chi connectivity index (χ3v) is 5.45. The molecule has 6 nitrogen and oxygen atoms in total. The first-order valence-corrected chi connectivity index (χ1v) is 9.93. The Labute approximate surface area is 166 Å². The van der Waals surface area contributed by atoms with Crippen molar-refractivity contribution in [3.63, 3.8) is 0 Å². The zero-order valence-corrected chi connectivity index (χ0v) is 16.1. The van der Waals surface area contributed by atoms with Crippen LogP contribution in [0.5, 0.6) is 11.5 Å². The van der Waals surface area contributed by atoms with Crippen LogP contribution in [0.3, 0.4) is 0 Å². The van der Waals surface area contributed by atoms with E-state index in [2.05, 4.69) is 10.3 Å². The molecule has 142 valence electrons. The Morgan fingerprint density at radius 3 is 2.64 bits per heavy atom. The van der Waals surface area contributed by atoms with Gasteiger partial charge in [0.15, 0.2) is 5.16 Å². The SMILES string of the molecule is Cc1cc(=O)n2c(n1)SCC2CC(=O)Nc1ccc(Oc2ccccc2)cc1. The summed E-state index contributed by atoms with van der Waals surface area (Å²) in [5.74, 6) is 1.98. The van der Waals surface area contributed by atoms with Gasteiger partial charge in [0.2, 0.25) is 5.91 Å². The Balaban J connectivity index is 1.38. The van der Waals surface area contributed by atoms with Gasteiger partial charge in [-0.2, -0.15) is 0 Å². The number of fused-ring (bicyclic) bond motifs is 1. The van der Waals surface area contributed by atoms with E-state index in [0.717, 1.165) is 5.75 Å². The first kappa shape index (κ1) is 18.3. The number of benzene rings is 2. The number of aromatic nitrogens is 2. The molecule has 0 spiro atoms. The molecule has 1 aromatic heterocycles. The van der Waals surface area contributed by atoms with Crippen molar-refractivity contribution in [2.24, 2.45) is 0 Å². The summed E-state index contributed by atoms with van der Waals surface area (Å²) in [6.07, 6.45) is 0.229. The molecule has 0 fully saturated rings. The summed E-state index contributed by atoms with van der Waals surface area (Å²) < 4.78 is 7.37. The van der Waals surface area contributed by atoms with Gasteiger partial charge in [0.25, 0.3) is 5.56 Å². The van der Waals surface area contributed by atoms with Crippen molar-refractivity contribution in [1.29, 1.82) is 0 Å². The second-order valence-corrected chi connectivity index (χ2v) is 7.53. The van der Waals surface area contributed by atoms with Crippen LogP contribution in [0.4, 0.5) is 5.69 Å². The molecule has 1 atom stereocenters. The second-order valence-electron chi connectivity index (χ2n) is 6.54. The van der Waals surface area contributed by atoms with E-state index in [1.165, 1.54) is 17.8 Å². The highest BCUT2D eigenvalue weighted by molar-refractivity contribution is 7.99. The topological polar surface area (TPSA) is 73.2 Å². The van der Waals surface area contributed by atoms with Gasteiger partial charge in [0, 0.05) is 29.6 Å². The first-order valence-electron chi connectivity index (χ1n) is 8.94. The standard InChI is InChI=1S/C21H19N3O3S/c1-14-11-20(26)24-16(13-28-21(24)22-14)12-19(25)23-15-7-9-18(10-8-15)27-17-5-3-2-4-6-17/h2-11,16H,12-13H2,1H3,(H,23,25). The van der Waals surface area contributed by atoms with E-state index in [1.807, 2.05) is 30.3 Å². The van der Waals surface area contributed by atoms with Crippen LogP contribution in [-0.2, 0) is 4.79 Å². The fourth-order valence-corrected chi connectivity index (χ4v) is 4.26. The summed E-state index contributed by atoms with van der Waals surface area (Å²) in [5.41, 5.74) is 1.28. The van der Waals surface area contributed by atoms with Crippen molar-refractivity contribution in [3.05, 3.63) is 76.7 Å². The molecule has 1 aliphatic rings. The van der Waals surface area contributed by atoms with Gasteiger partial charge < -0.3 is 10.1 Å². The number of amides is 1. The van der Waals surface area contributed by atoms with Crippen molar-refractivity contribution in [2.75, 3.05) is 11.1 Å². The van der Waals surface area contributed by atoms with Gasteiger partial charge in [-0.15, -0.1) is 0 Å². The van der Waals surface area contributed by atoms with Crippen LogP contribution in [0.25, 0.3) is 0 Å². The van der Waals surface area contributed by atoms with Gasteiger partial charge in [0.1, 0.15) is 11.5 Å². The van der Waals surface area contributed by atoms with E-state index in [9.17, 15) is 9.59 Å². The highest BCUT2D eigenvalue weighted by atomic mass is 32.2. The first-order chi connectivity index (χ1) is 13.6. The van der Waals surface area contributed by atoms with Crippen molar-refractivity contribution >= 4 is 23.4 Å². The van der Waals surface area contributed by atoms with Gasteiger partial charge in [-0.1, -0.05) is 30.0 Å². The number of hydrogen-bond donors (Lipinski definition) is 1. The fourth-order valence-electron chi connectivity index (χ4n) is 3.07. The molecular formula is C21H19N3O3S. The lowest BCUT2D eigenvalue weighted by Crippen LogP contribution is -2.27. The molecule has 4 rings (SSSR count). The monoisotopic (exact) mass is 393 g/mol. The lowest BCUT2D eigenvalue weighted by atomic mass is 10.2. The molecule has 0 bridgehead atoms. The summed E-state index contributed by atoms with van der Waals surface area (Å²) in [4.78, 5) is 29.1. The van der Waals surface area contributed by atoms with Crippen LogP contribution >= 0.6 is 11.8 Å². The predicted molar refractivity (Wildman–Crippen MR) is 109 cm³/mol. The molecule has 0 radical (unpaired) electrons. The molecule has 1 aliphatic heterocycles. The number of rotatable bonds is 5. The van der Waals surface area contributed by atoms with Crippen LogP contribution < -0.4 is 15.6 Å². The number of thioether (sulfide) groups is 1. The Morgan fingerprint density at radius 2 is 1.89 bits per heavy atom. The Bertz CT molecular complexity index is 1050. The Morgan fingerprint density at radius 1 is 1.18 bits per heavy atom. The van der Waals surface area contributed by atoms with Gasteiger partial charge in [-0.25, -0.2) is 4.98 Å². The number of carbonyl (C=O) groups excluding carboxylic acids is 1. The van der Waals surface area contributed by atoms with Crippen LogP contribution in [0.2, 0.25) is 0 Å². The molecule has 7 heteroatoms. The maximum atomic E-state index is 12.4. The van der Waals surface area contributed by atoms with Crippen molar-refractivity contribution < 1.29 is 9.53 Å². The number of nitrogens with one attached hydrogen (secondary N) is 1. The van der Waals surface area contributed by atoms with E-state index >= 15 is 0 Å². The van der Waals surface area contributed by atoms with Crippen LogP contribution in [0.1, 0.15) is 18.2 Å². The summed E-state index contributed by atoms with van der Waals surface area (Å²) in [6.45, 7) is 1.80. The molecule has 1 amide bonds. The third-order valence-electron chi connectivity index (χ3n) is 4.36. The average molecular weight is 393 g/mol. The minimum atomic E-state index is -0.179. The van der Waals surface area contributed by atoms with Crippen LogP contribution in [0.15, 0.2) is 70.6 Å². The largest absolute Gasteiger partial charge is 0.457 e. The maximum absolute atomic E-state index is 12.4. The zero-order valence-electron chi connectivity index (χ0n) is 15.3. The summed E-state index contributed by atoms with van der Waals surface area (Å²) in [6, 6.07) is 18.0. The van der Waals surface area contributed by atoms with Crippen molar-refractivity contribution in [1.82, 2.24) is 9.55 Å². The molecule has 28 heavy (non-hydrogen) atoms. The minimum absolute atomic E-state index is 0.104. The van der Waals surface area contributed by atoms with Crippen LogP contribution in [0, 0.1) is 6.92 Å². The van der Waals surface area contributed by atoms with Crippen molar-refractivity contribution in [2.45, 2.75) is 24.5 Å². The number of aryl methyl sites for hydroxylation is 1. The van der Waals surface area contributed by atoms with E-state index in [4.69, 9.17) is 4.74 Å². The molecule has 2 heterocycles. The summed E-state index contributed by atoms with van der Waals surface area (Å²) in [7, 11) is 0. The number of hydrogen-bond acceptors (Lipinski definition) is 5. The Hall–Kier alpha value is -3.06. The molecule has 1 N–H and O–H groups in total. The van der Waals surface area contributed by atoms with E-state index in [1.54, 1.807) is 35.8 Å². The number of carbonyl (C=O) groups is 1. The highest BCUT2D eigenvalue weighted by Crippen LogP contribution is 2.32. The molecular weight excluding hydrogens is 374 g/mol. The summed E-state index contributed by atoms with van der Waals surface area (Å²) in [5, 5.41) is 3.57. The molecule has 1 unspecified atom stereocenters. The number of ether oxygens (including phenoxy) is 1. The van der Waals surface area contributed by atoms with E-state index in [0.29, 0.717) is 28.0 Å². The normalized spacial score (nSPS) is 15.1. The van der Waals surface area contributed by atoms with Crippen LogP contribution in [-0.4, -0.2) is 21.2 Å². The smallest absolute Gasteiger partial charge is 0.254 e. The average Bonchev–Trinajstić information content (AvgIpc) is 3.07. The molecule has 3 aromatic rings. The number of nitrogens with zero attached hydrogens (tertiary/aromatic N) is 2. The van der Waals surface area contributed by atoms with E-state index < -0.39 is 0 Å². The predicted octanol–water partition coefficient (Wildman–Crippen LogP) is 4.02. The zero-order chi connectivity index (χ0) is 19.5. The lowest BCUT2D eigenvalue weighted by Gasteiger charge is -2.13. The van der Waals surface area contributed by atoms with E-state index in [-0.39, 0.29) is 23.9 Å². The van der Waals surface area contributed by atoms with Gasteiger partial charge in [0.05, 0.1) is 6.04 Å². The van der Waals surface area contributed by atoms with Crippen molar-refractivity contribution in [3.8, 4) is 11.5 Å². The lowest BCUT2D eigenvalue weighted by molar-refractivity contribution is -0.116. The molecule has 0 aliphatic carbocycles. The van der Waals surface area contributed by atoms with Gasteiger partial charge >= 0.3 is 0 Å². The summed E-state index contributed by atoms with van der Waals surface area (Å²) >= 11 is 1.51. The fraction of sp³-hybridized carbons (Fsp3) is 0.190. The van der Waals surface area contributed by atoms with Gasteiger partial charge in [-0.3, -0.25) is 14.2 Å². The highest BCUT2D eigenvalue weighted by Gasteiger charge is 2.27. The molecule has 0 saturated carbocycles. The number of anilines is 1. The number of para-hydroxylation sites is 1.